The van der Waals surface area contributed by atoms with E-state index in [0.29, 0.717) is 23.1 Å². The lowest BCUT2D eigenvalue weighted by Crippen LogP contribution is -2.10. The molecule has 1 aromatic heterocycles. The number of nitrogens with zero attached hydrogens (tertiary/aromatic N) is 2. The van der Waals surface area contributed by atoms with Crippen LogP contribution in [0.25, 0.3) is 11.4 Å². The van der Waals surface area contributed by atoms with Gasteiger partial charge in [0, 0.05) is 23.2 Å². The molecule has 0 unspecified atom stereocenters. The largest absolute Gasteiger partial charge is 0.308 e. The second-order valence-electron chi connectivity index (χ2n) is 4.55. The number of rotatable bonds is 3. The van der Waals surface area contributed by atoms with Gasteiger partial charge in [0.1, 0.15) is 11.6 Å². The van der Waals surface area contributed by atoms with Crippen molar-refractivity contribution in [3.05, 3.63) is 40.8 Å². The summed E-state index contributed by atoms with van der Waals surface area (Å²) in [6.07, 6.45) is 2.24. The molecule has 6 heteroatoms. The predicted octanol–water partition coefficient (Wildman–Crippen LogP) is 3.10. The summed E-state index contributed by atoms with van der Waals surface area (Å²) in [5.74, 6) is 6.37. The van der Waals surface area contributed by atoms with E-state index in [0.717, 1.165) is 18.5 Å². The van der Waals surface area contributed by atoms with Crippen molar-refractivity contribution in [3.63, 3.8) is 0 Å². The van der Waals surface area contributed by atoms with Crippen LogP contribution in [0.15, 0.2) is 24.3 Å². The molecule has 3 N–H and O–H groups in total. The van der Waals surface area contributed by atoms with E-state index in [2.05, 4.69) is 15.4 Å². The van der Waals surface area contributed by atoms with Crippen molar-refractivity contribution in [2.24, 2.45) is 5.84 Å². The molecule has 1 heterocycles. The number of nitrogen functional groups attached to an aromatic ring is 1. The van der Waals surface area contributed by atoms with E-state index >= 15 is 0 Å². The number of benzene rings is 1. The van der Waals surface area contributed by atoms with Gasteiger partial charge in [0.2, 0.25) is 0 Å². The maximum Gasteiger partial charge on any atom is 0.161 e. The Kier molecular flexibility index (Phi) is 3.08. The molecule has 4 nitrogen and oxygen atoms in total. The molecule has 0 bridgehead atoms. The van der Waals surface area contributed by atoms with Gasteiger partial charge < -0.3 is 5.43 Å². The van der Waals surface area contributed by atoms with Gasteiger partial charge in [-0.1, -0.05) is 11.6 Å². The van der Waals surface area contributed by atoms with Crippen LogP contribution in [-0.2, 0) is 0 Å². The molecule has 0 radical (unpaired) electrons. The molecule has 0 aliphatic heterocycles. The molecular weight excluding hydrogens is 267 g/mol. The van der Waals surface area contributed by atoms with Crippen LogP contribution in [0.5, 0.6) is 0 Å². The molecule has 1 aliphatic carbocycles. The van der Waals surface area contributed by atoms with Crippen molar-refractivity contribution in [2.75, 3.05) is 5.43 Å². The first-order chi connectivity index (χ1) is 9.17. The first kappa shape index (κ1) is 12.3. The van der Waals surface area contributed by atoms with Crippen LogP contribution in [0.2, 0.25) is 5.02 Å². The molecule has 98 valence electrons. The van der Waals surface area contributed by atoms with E-state index in [9.17, 15) is 4.39 Å². The van der Waals surface area contributed by atoms with E-state index in [1.807, 2.05) is 6.07 Å². The Morgan fingerprint density at radius 2 is 2.05 bits per heavy atom. The van der Waals surface area contributed by atoms with Crippen LogP contribution in [0.1, 0.15) is 24.5 Å². The zero-order valence-electron chi connectivity index (χ0n) is 10.0. The van der Waals surface area contributed by atoms with E-state index < -0.39 is 5.82 Å². The molecule has 0 amide bonds. The fourth-order valence-electron chi connectivity index (χ4n) is 1.89. The summed E-state index contributed by atoms with van der Waals surface area (Å²) in [5.41, 5.74) is 4.04. The third-order valence-electron chi connectivity index (χ3n) is 3.07. The normalized spacial score (nSPS) is 14.5. The second kappa shape index (κ2) is 4.75. The molecule has 2 aromatic rings. The molecule has 19 heavy (non-hydrogen) atoms. The Hall–Kier alpha value is -1.72. The quantitative estimate of drug-likeness (QED) is 0.669. The number of aromatic nitrogens is 2. The lowest BCUT2D eigenvalue weighted by atomic mass is 10.2. The van der Waals surface area contributed by atoms with Crippen molar-refractivity contribution in [1.82, 2.24) is 9.97 Å². The van der Waals surface area contributed by atoms with Gasteiger partial charge in [-0.25, -0.2) is 20.2 Å². The molecule has 1 aromatic carbocycles. The van der Waals surface area contributed by atoms with Crippen LogP contribution in [0, 0.1) is 5.82 Å². The highest BCUT2D eigenvalue weighted by molar-refractivity contribution is 6.30. The smallest absolute Gasteiger partial charge is 0.161 e. The molecule has 0 saturated heterocycles. The van der Waals surface area contributed by atoms with Gasteiger partial charge in [0.05, 0.1) is 5.02 Å². The highest BCUT2D eigenvalue weighted by Crippen LogP contribution is 2.40. The molecule has 1 aliphatic rings. The van der Waals surface area contributed by atoms with E-state index in [-0.39, 0.29) is 5.02 Å². The minimum absolute atomic E-state index is 0.0827. The van der Waals surface area contributed by atoms with Crippen molar-refractivity contribution in [2.45, 2.75) is 18.8 Å². The number of anilines is 1. The van der Waals surface area contributed by atoms with Gasteiger partial charge in [0.25, 0.3) is 0 Å². The van der Waals surface area contributed by atoms with Crippen LogP contribution < -0.4 is 11.3 Å². The van der Waals surface area contributed by atoms with Crippen molar-refractivity contribution < 1.29 is 4.39 Å². The van der Waals surface area contributed by atoms with Gasteiger partial charge in [-0.15, -0.1) is 0 Å². The first-order valence-corrected chi connectivity index (χ1v) is 6.36. The van der Waals surface area contributed by atoms with Crippen molar-refractivity contribution in [3.8, 4) is 11.4 Å². The van der Waals surface area contributed by atoms with Crippen molar-refractivity contribution >= 4 is 17.4 Å². The number of hydrazine groups is 1. The van der Waals surface area contributed by atoms with Gasteiger partial charge in [-0.2, -0.15) is 0 Å². The zero-order chi connectivity index (χ0) is 13.4. The summed E-state index contributed by atoms with van der Waals surface area (Å²) in [6.45, 7) is 0. The number of hydrogen-bond donors (Lipinski definition) is 2. The fraction of sp³-hybridized carbons (Fsp3) is 0.231. The number of halogens is 2. The third kappa shape index (κ3) is 2.52. The highest BCUT2D eigenvalue weighted by atomic mass is 35.5. The monoisotopic (exact) mass is 278 g/mol. The third-order valence-corrected chi connectivity index (χ3v) is 3.37. The average Bonchev–Trinajstić information content (AvgIpc) is 3.26. The van der Waals surface area contributed by atoms with Gasteiger partial charge >= 0.3 is 0 Å². The minimum atomic E-state index is -0.484. The Morgan fingerprint density at radius 3 is 2.68 bits per heavy atom. The Bertz CT molecular complexity index is 628. The minimum Gasteiger partial charge on any atom is -0.308 e. The van der Waals surface area contributed by atoms with Crippen molar-refractivity contribution in [1.29, 1.82) is 0 Å². The van der Waals surface area contributed by atoms with E-state index in [1.54, 1.807) is 6.07 Å². The van der Waals surface area contributed by atoms with Gasteiger partial charge in [-0.05, 0) is 31.0 Å². The molecule has 3 rings (SSSR count). The fourth-order valence-corrected chi connectivity index (χ4v) is 2.01. The molecule has 0 atom stereocenters. The topological polar surface area (TPSA) is 63.8 Å². The zero-order valence-corrected chi connectivity index (χ0v) is 10.8. The van der Waals surface area contributed by atoms with Crippen LogP contribution in [0.4, 0.5) is 10.2 Å². The number of nitrogens with one attached hydrogen (secondary N) is 1. The van der Waals surface area contributed by atoms with Crippen LogP contribution >= 0.6 is 11.6 Å². The summed E-state index contributed by atoms with van der Waals surface area (Å²) in [5, 5.41) is 0.0827. The summed E-state index contributed by atoms with van der Waals surface area (Å²) in [6, 6.07) is 6.34. The van der Waals surface area contributed by atoms with Crippen LogP contribution in [-0.4, -0.2) is 9.97 Å². The summed E-state index contributed by atoms with van der Waals surface area (Å²) >= 11 is 5.67. The standard InChI is InChI=1S/C13H12ClFN4/c14-9-4-3-8(5-10(9)15)13-17-11(7-1-2-7)6-12(18-13)19-16/h3-7H,1-2,16H2,(H,17,18,19). The van der Waals surface area contributed by atoms with Gasteiger partial charge in [0.15, 0.2) is 5.82 Å². The Balaban J connectivity index is 2.07. The molecular formula is C13H12ClFN4. The highest BCUT2D eigenvalue weighted by Gasteiger charge is 2.26. The second-order valence-corrected chi connectivity index (χ2v) is 4.96. The maximum absolute atomic E-state index is 13.5. The lowest BCUT2D eigenvalue weighted by molar-refractivity contribution is 0.628. The van der Waals surface area contributed by atoms with Gasteiger partial charge in [-0.3, -0.25) is 0 Å². The van der Waals surface area contributed by atoms with E-state index in [4.69, 9.17) is 17.4 Å². The summed E-state index contributed by atoms with van der Waals surface area (Å²) in [7, 11) is 0. The van der Waals surface area contributed by atoms with Crippen LogP contribution in [0.3, 0.4) is 0 Å². The predicted molar refractivity (Wildman–Crippen MR) is 72.2 cm³/mol. The number of nitrogens with two attached hydrogens (primary N) is 1. The maximum atomic E-state index is 13.5. The molecule has 1 fully saturated rings. The van der Waals surface area contributed by atoms with E-state index in [1.165, 1.54) is 12.1 Å². The molecule has 0 spiro atoms. The lowest BCUT2D eigenvalue weighted by Gasteiger charge is -2.07. The Labute approximate surface area is 114 Å². The molecule has 1 saturated carbocycles. The average molecular weight is 279 g/mol. The summed E-state index contributed by atoms with van der Waals surface area (Å²) in [4.78, 5) is 8.71. The Morgan fingerprint density at radius 1 is 1.26 bits per heavy atom. The number of hydrogen-bond acceptors (Lipinski definition) is 4. The summed E-state index contributed by atoms with van der Waals surface area (Å²) < 4.78 is 13.5. The first-order valence-electron chi connectivity index (χ1n) is 5.98. The SMILES string of the molecule is NNc1cc(C2CC2)nc(-c2ccc(Cl)c(F)c2)n1.